The van der Waals surface area contributed by atoms with E-state index in [1.165, 1.54) is 0 Å². The number of carbonyl (C=O) groups is 1. The van der Waals surface area contributed by atoms with Crippen molar-refractivity contribution in [2.24, 2.45) is 0 Å². The van der Waals surface area contributed by atoms with Crippen molar-refractivity contribution >= 4 is 23.1 Å². The second kappa shape index (κ2) is 11.0. The monoisotopic (exact) mass is 475 g/mol. The number of amides is 2. The Hall–Kier alpha value is -3.94. The van der Waals surface area contributed by atoms with Crippen LogP contribution in [0, 0.1) is 13.8 Å². The van der Waals surface area contributed by atoms with Crippen LogP contribution >= 0.6 is 0 Å². The van der Waals surface area contributed by atoms with E-state index in [1.807, 2.05) is 74.2 Å². The maximum atomic E-state index is 13.3. The molecule has 2 amide bonds. The van der Waals surface area contributed by atoms with Crippen LogP contribution in [0.15, 0.2) is 60.7 Å². The van der Waals surface area contributed by atoms with Crippen molar-refractivity contribution in [3.05, 3.63) is 71.9 Å². The maximum Gasteiger partial charge on any atom is 0.336 e. The van der Waals surface area contributed by atoms with Gasteiger partial charge in [-0.05, 0) is 68.8 Å². The fraction of sp³-hybridized carbons (Fsp3) is 0.333. The molecule has 1 saturated heterocycles. The van der Waals surface area contributed by atoms with Gasteiger partial charge >= 0.3 is 6.03 Å². The molecule has 1 N–H and O–H groups in total. The number of pyridine rings is 1. The van der Waals surface area contributed by atoms with Gasteiger partial charge in [0.2, 0.25) is 5.88 Å². The predicted molar refractivity (Wildman–Crippen MR) is 139 cm³/mol. The molecule has 35 heavy (non-hydrogen) atoms. The van der Waals surface area contributed by atoms with Crippen molar-refractivity contribution in [1.82, 2.24) is 15.3 Å². The molecule has 1 fully saturated rings. The number of hydrazine groups is 1. The van der Waals surface area contributed by atoms with E-state index in [0.29, 0.717) is 31.3 Å². The summed E-state index contributed by atoms with van der Waals surface area (Å²) in [6.07, 6.45) is 0. The molecule has 0 atom stereocenters. The topological polar surface area (TPSA) is 70.2 Å². The van der Waals surface area contributed by atoms with Gasteiger partial charge in [0, 0.05) is 37.6 Å². The van der Waals surface area contributed by atoms with Gasteiger partial charge in [-0.15, -0.1) is 0 Å². The summed E-state index contributed by atoms with van der Waals surface area (Å²) in [5.74, 6) is 1.32. The highest BCUT2D eigenvalue weighted by molar-refractivity contribution is 5.81. The normalized spacial score (nSPS) is 13.4. The number of ether oxygens (including phenoxy) is 2. The first-order valence-electron chi connectivity index (χ1n) is 11.9. The van der Waals surface area contributed by atoms with Gasteiger partial charge in [0.15, 0.2) is 0 Å². The summed E-state index contributed by atoms with van der Waals surface area (Å²) < 4.78 is 11.1. The molecule has 8 heteroatoms. The highest BCUT2D eigenvalue weighted by Crippen LogP contribution is 2.32. The van der Waals surface area contributed by atoms with Crippen molar-refractivity contribution in [2.75, 3.05) is 49.8 Å². The van der Waals surface area contributed by atoms with Crippen molar-refractivity contribution in [1.29, 1.82) is 0 Å². The van der Waals surface area contributed by atoms with Crippen LogP contribution in [-0.4, -0.2) is 55.8 Å². The first-order chi connectivity index (χ1) is 17.0. The first kappa shape index (κ1) is 24.2. The number of rotatable bonds is 7. The standard InChI is InChI=1S/C27H33N5O3/c1-5-35-24-13-11-22(12-14-24)30-15-17-31(18-16-30)27(33)29-32(23-9-7-6-8-10-23)25-19-20(2)21(3)28-26(25)34-4/h6-14,19H,5,15-18H2,1-4H3,(H,29,33). The summed E-state index contributed by atoms with van der Waals surface area (Å²) in [7, 11) is 1.59. The second-order valence-electron chi connectivity index (χ2n) is 8.41. The highest BCUT2D eigenvalue weighted by Gasteiger charge is 2.25. The van der Waals surface area contributed by atoms with Crippen LogP contribution in [0.25, 0.3) is 0 Å². The Morgan fingerprint density at radius 3 is 2.34 bits per heavy atom. The zero-order chi connectivity index (χ0) is 24.8. The molecule has 2 aromatic carbocycles. The first-order valence-corrected chi connectivity index (χ1v) is 11.9. The molecule has 0 radical (unpaired) electrons. The highest BCUT2D eigenvalue weighted by atomic mass is 16.5. The van der Waals surface area contributed by atoms with E-state index in [0.717, 1.165) is 41.5 Å². The number of aryl methyl sites for hydroxylation is 2. The number of nitrogens with one attached hydrogen (secondary N) is 1. The Balaban J connectivity index is 1.48. The van der Waals surface area contributed by atoms with E-state index < -0.39 is 0 Å². The third kappa shape index (κ3) is 5.59. The molecule has 1 aliphatic heterocycles. The lowest BCUT2D eigenvalue weighted by Crippen LogP contribution is -2.54. The molecule has 4 rings (SSSR count). The Morgan fingerprint density at radius 1 is 1.03 bits per heavy atom. The van der Waals surface area contributed by atoms with Crippen molar-refractivity contribution in [3.63, 3.8) is 0 Å². The summed E-state index contributed by atoms with van der Waals surface area (Å²) >= 11 is 0. The molecule has 0 saturated carbocycles. The van der Waals surface area contributed by atoms with E-state index in [4.69, 9.17) is 9.47 Å². The second-order valence-corrected chi connectivity index (χ2v) is 8.41. The van der Waals surface area contributed by atoms with Gasteiger partial charge in [-0.25, -0.2) is 20.2 Å². The fourth-order valence-corrected chi connectivity index (χ4v) is 4.07. The lowest BCUT2D eigenvalue weighted by atomic mass is 10.2. The van der Waals surface area contributed by atoms with Crippen LogP contribution in [0.2, 0.25) is 0 Å². The fourth-order valence-electron chi connectivity index (χ4n) is 4.07. The van der Waals surface area contributed by atoms with Gasteiger partial charge in [-0.3, -0.25) is 0 Å². The van der Waals surface area contributed by atoms with Crippen molar-refractivity contribution < 1.29 is 14.3 Å². The van der Waals surface area contributed by atoms with Gasteiger partial charge in [-0.2, -0.15) is 0 Å². The molecule has 8 nitrogen and oxygen atoms in total. The summed E-state index contributed by atoms with van der Waals surface area (Å²) in [5.41, 5.74) is 7.61. The predicted octanol–water partition coefficient (Wildman–Crippen LogP) is 4.69. The van der Waals surface area contributed by atoms with E-state index in [1.54, 1.807) is 12.1 Å². The molecule has 0 bridgehead atoms. The molecule has 2 heterocycles. The summed E-state index contributed by atoms with van der Waals surface area (Å²) in [6, 6.07) is 19.6. The van der Waals surface area contributed by atoms with E-state index in [9.17, 15) is 4.79 Å². The van der Waals surface area contributed by atoms with Gasteiger partial charge in [0.25, 0.3) is 0 Å². The molecule has 1 aliphatic rings. The summed E-state index contributed by atoms with van der Waals surface area (Å²) in [6.45, 7) is 9.30. The van der Waals surface area contributed by atoms with E-state index >= 15 is 0 Å². The minimum atomic E-state index is -0.166. The van der Waals surface area contributed by atoms with Gasteiger partial charge in [0.05, 0.1) is 19.4 Å². The molecule has 3 aromatic rings. The largest absolute Gasteiger partial charge is 0.494 e. The van der Waals surface area contributed by atoms with E-state index in [2.05, 4.69) is 27.4 Å². The van der Waals surface area contributed by atoms with Gasteiger partial charge in [-0.1, -0.05) is 18.2 Å². The van der Waals surface area contributed by atoms with Crippen LogP contribution in [-0.2, 0) is 0 Å². The van der Waals surface area contributed by atoms with Crippen LogP contribution in [0.3, 0.4) is 0 Å². The Kier molecular flexibility index (Phi) is 7.60. The smallest absolute Gasteiger partial charge is 0.336 e. The number of hydrogen-bond acceptors (Lipinski definition) is 6. The summed E-state index contributed by atoms with van der Waals surface area (Å²) in [4.78, 5) is 22.0. The van der Waals surface area contributed by atoms with Crippen LogP contribution in [0.4, 0.5) is 21.9 Å². The zero-order valence-corrected chi connectivity index (χ0v) is 20.8. The maximum absolute atomic E-state index is 13.3. The van der Waals surface area contributed by atoms with Crippen molar-refractivity contribution in [2.45, 2.75) is 20.8 Å². The number of carbonyl (C=O) groups excluding carboxylic acids is 1. The van der Waals surface area contributed by atoms with Crippen LogP contribution in [0.5, 0.6) is 11.6 Å². The number of urea groups is 1. The van der Waals surface area contributed by atoms with Crippen LogP contribution in [0.1, 0.15) is 18.2 Å². The number of benzene rings is 2. The number of methoxy groups -OCH3 is 1. The van der Waals surface area contributed by atoms with Gasteiger partial charge in [0.1, 0.15) is 11.4 Å². The molecule has 0 spiro atoms. The Labute approximate surface area is 207 Å². The Morgan fingerprint density at radius 2 is 1.71 bits per heavy atom. The number of piperazine rings is 1. The third-order valence-corrected chi connectivity index (χ3v) is 6.15. The Bertz CT molecular complexity index is 1130. The molecule has 1 aromatic heterocycles. The molecule has 184 valence electrons. The van der Waals surface area contributed by atoms with Gasteiger partial charge < -0.3 is 19.3 Å². The quantitative estimate of drug-likeness (QED) is 0.500. The number of para-hydroxylation sites is 1. The minimum absolute atomic E-state index is 0.166. The average molecular weight is 476 g/mol. The minimum Gasteiger partial charge on any atom is -0.494 e. The number of aromatic nitrogens is 1. The molecule has 0 unspecified atom stereocenters. The number of nitrogens with zero attached hydrogens (tertiary/aromatic N) is 4. The molecular formula is C27H33N5O3. The summed E-state index contributed by atoms with van der Waals surface area (Å²) in [5, 5.41) is 1.75. The third-order valence-electron chi connectivity index (χ3n) is 6.15. The molecule has 0 aliphatic carbocycles. The van der Waals surface area contributed by atoms with Crippen LogP contribution < -0.4 is 24.8 Å². The average Bonchev–Trinajstić information content (AvgIpc) is 2.90. The molecular weight excluding hydrogens is 442 g/mol. The SMILES string of the molecule is CCOc1ccc(N2CCN(C(=O)NN(c3ccccc3)c3cc(C)c(C)nc3OC)CC2)cc1. The van der Waals surface area contributed by atoms with Crippen molar-refractivity contribution in [3.8, 4) is 11.6 Å². The van der Waals surface area contributed by atoms with E-state index in [-0.39, 0.29) is 6.03 Å². The zero-order valence-electron chi connectivity index (χ0n) is 20.8. The number of anilines is 3. The lowest BCUT2D eigenvalue weighted by molar-refractivity contribution is 0.194. The number of hydrogen-bond donors (Lipinski definition) is 1. The lowest BCUT2D eigenvalue weighted by Gasteiger charge is -2.37.